The van der Waals surface area contributed by atoms with E-state index >= 15 is 0 Å². The van der Waals surface area contributed by atoms with Crippen molar-refractivity contribution >= 4 is 34.2 Å². The minimum Gasteiger partial charge on any atom is -0.394 e. The van der Waals surface area contributed by atoms with Crippen molar-refractivity contribution in [3.63, 3.8) is 0 Å². The van der Waals surface area contributed by atoms with Crippen molar-refractivity contribution in [2.75, 3.05) is 6.61 Å². The van der Waals surface area contributed by atoms with Gasteiger partial charge in [0.15, 0.2) is 0 Å². The van der Waals surface area contributed by atoms with Crippen LogP contribution in [0.25, 0.3) is 0 Å². The van der Waals surface area contributed by atoms with Crippen LogP contribution >= 0.6 is 34.2 Å². The minimum absolute atomic E-state index is 0.124. The first-order chi connectivity index (χ1) is 5.66. The Morgan fingerprint density at radius 1 is 1.75 bits per heavy atom. The van der Waals surface area contributed by atoms with Gasteiger partial charge in [0.25, 0.3) is 0 Å². The van der Waals surface area contributed by atoms with Crippen LogP contribution in [0, 0.1) is 3.57 Å². The molecule has 0 saturated heterocycles. The average Bonchev–Trinajstić information content (AvgIpc) is 2.03. The van der Waals surface area contributed by atoms with Crippen molar-refractivity contribution in [2.24, 2.45) is 5.73 Å². The summed E-state index contributed by atoms with van der Waals surface area (Å²) in [5, 5.41) is 9.19. The lowest BCUT2D eigenvalue weighted by atomic mass is 10.1. The van der Waals surface area contributed by atoms with Gasteiger partial charge in [-0.15, -0.1) is 0 Å². The van der Waals surface area contributed by atoms with E-state index in [1.165, 1.54) is 0 Å². The van der Waals surface area contributed by atoms with E-state index in [4.69, 9.17) is 22.4 Å². The maximum Gasteiger partial charge on any atom is 0.134 e. The fourth-order valence-corrected chi connectivity index (χ4v) is 2.12. The molecular weight excluding hydrogens is 290 g/mol. The molecule has 0 spiro atoms. The molecule has 0 amide bonds. The SMILES string of the molecule is NC(CO)c1c(I)ccnc1Cl. The number of hydrogen-bond acceptors (Lipinski definition) is 3. The van der Waals surface area contributed by atoms with Gasteiger partial charge in [-0.3, -0.25) is 0 Å². The van der Waals surface area contributed by atoms with Crippen LogP contribution in [0.15, 0.2) is 12.3 Å². The summed E-state index contributed by atoms with van der Waals surface area (Å²) in [4.78, 5) is 3.88. The lowest BCUT2D eigenvalue weighted by Crippen LogP contribution is -2.16. The molecule has 1 aromatic rings. The zero-order valence-electron chi connectivity index (χ0n) is 6.17. The maximum absolute atomic E-state index is 8.82. The second-order valence-electron chi connectivity index (χ2n) is 2.29. The Labute approximate surface area is 89.1 Å². The van der Waals surface area contributed by atoms with E-state index in [2.05, 4.69) is 27.6 Å². The Hall–Kier alpha value is 0.0900. The third-order valence-electron chi connectivity index (χ3n) is 1.46. The molecule has 1 aromatic heterocycles. The smallest absolute Gasteiger partial charge is 0.134 e. The summed E-state index contributed by atoms with van der Waals surface area (Å²) in [6.45, 7) is -0.124. The van der Waals surface area contributed by atoms with Crippen LogP contribution in [0.4, 0.5) is 0 Å². The zero-order chi connectivity index (χ0) is 9.14. The predicted molar refractivity (Wildman–Crippen MR) is 56.0 cm³/mol. The Bertz CT molecular complexity index is 262. The number of aliphatic hydroxyl groups is 1. The fourth-order valence-electron chi connectivity index (χ4n) is 0.847. The molecule has 66 valence electrons. The average molecular weight is 299 g/mol. The second kappa shape index (κ2) is 4.36. The van der Waals surface area contributed by atoms with Crippen molar-refractivity contribution in [1.29, 1.82) is 0 Å². The lowest BCUT2D eigenvalue weighted by Gasteiger charge is -2.11. The normalized spacial score (nSPS) is 13.0. The number of halogens is 2. The van der Waals surface area contributed by atoms with Crippen LogP contribution in [0.3, 0.4) is 0 Å². The van der Waals surface area contributed by atoms with Crippen molar-refractivity contribution in [2.45, 2.75) is 6.04 Å². The zero-order valence-corrected chi connectivity index (χ0v) is 9.08. The van der Waals surface area contributed by atoms with Gasteiger partial charge in [-0.25, -0.2) is 4.98 Å². The van der Waals surface area contributed by atoms with E-state index in [0.29, 0.717) is 10.7 Å². The van der Waals surface area contributed by atoms with Gasteiger partial charge in [-0.1, -0.05) is 11.6 Å². The molecule has 0 aliphatic carbocycles. The summed E-state index contributed by atoms with van der Waals surface area (Å²) in [6, 6.07) is 1.36. The summed E-state index contributed by atoms with van der Waals surface area (Å²) >= 11 is 7.91. The van der Waals surface area contributed by atoms with Gasteiger partial charge in [0.1, 0.15) is 5.15 Å². The third kappa shape index (κ3) is 2.07. The number of rotatable bonds is 2. The Morgan fingerprint density at radius 2 is 2.42 bits per heavy atom. The molecule has 0 aliphatic rings. The van der Waals surface area contributed by atoms with Crippen LogP contribution in [0.1, 0.15) is 11.6 Å². The number of nitrogens with zero attached hydrogens (tertiary/aromatic N) is 1. The number of nitrogens with two attached hydrogens (primary N) is 1. The fraction of sp³-hybridized carbons (Fsp3) is 0.286. The quantitative estimate of drug-likeness (QED) is 0.640. The second-order valence-corrected chi connectivity index (χ2v) is 3.81. The van der Waals surface area contributed by atoms with Crippen molar-refractivity contribution < 1.29 is 5.11 Å². The molecule has 0 fully saturated rings. The highest BCUT2D eigenvalue weighted by molar-refractivity contribution is 14.1. The molecule has 1 heterocycles. The van der Waals surface area contributed by atoms with E-state index in [0.717, 1.165) is 3.57 Å². The summed E-state index contributed by atoms with van der Waals surface area (Å²) < 4.78 is 0.925. The molecule has 0 bridgehead atoms. The molecule has 0 aliphatic heterocycles. The van der Waals surface area contributed by atoms with E-state index in [9.17, 15) is 0 Å². The molecular formula is C7H8ClIN2O. The van der Waals surface area contributed by atoms with Crippen LogP contribution < -0.4 is 5.73 Å². The number of aliphatic hydroxyl groups excluding tert-OH is 1. The number of aromatic nitrogens is 1. The molecule has 0 saturated carbocycles. The highest BCUT2D eigenvalue weighted by atomic mass is 127. The van der Waals surface area contributed by atoms with Gasteiger partial charge in [-0.2, -0.15) is 0 Å². The van der Waals surface area contributed by atoms with Gasteiger partial charge in [0.05, 0.1) is 12.6 Å². The van der Waals surface area contributed by atoms with Crippen LogP contribution in [-0.2, 0) is 0 Å². The Balaban J connectivity index is 3.12. The van der Waals surface area contributed by atoms with Gasteiger partial charge < -0.3 is 10.8 Å². The lowest BCUT2D eigenvalue weighted by molar-refractivity contribution is 0.267. The molecule has 0 radical (unpaired) electrons. The Morgan fingerprint density at radius 3 is 2.92 bits per heavy atom. The standard InChI is InChI=1S/C7H8ClIN2O/c8-7-6(5(10)3-12)4(9)1-2-11-7/h1-2,5,12H,3,10H2. The van der Waals surface area contributed by atoms with Crippen LogP contribution in [0.2, 0.25) is 5.15 Å². The largest absolute Gasteiger partial charge is 0.394 e. The molecule has 1 atom stereocenters. The molecule has 12 heavy (non-hydrogen) atoms. The van der Waals surface area contributed by atoms with Crippen molar-refractivity contribution in [3.8, 4) is 0 Å². The number of hydrogen-bond donors (Lipinski definition) is 2. The molecule has 0 aromatic carbocycles. The van der Waals surface area contributed by atoms with Crippen molar-refractivity contribution in [3.05, 3.63) is 26.5 Å². The van der Waals surface area contributed by atoms with Crippen molar-refractivity contribution in [1.82, 2.24) is 4.98 Å². The molecule has 3 N–H and O–H groups in total. The van der Waals surface area contributed by atoms with Gasteiger partial charge in [0.2, 0.25) is 0 Å². The van der Waals surface area contributed by atoms with E-state index < -0.39 is 6.04 Å². The number of pyridine rings is 1. The Kier molecular flexibility index (Phi) is 3.70. The third-order valence-corrected chi connectivity index (χ3v) is 2.70. The van der Waals surface area contributed by atoms with E-state index in [-0.39, 0.29) is 6.61 Å². The van der Waals surface area contributed by atoms with Gasteiger partial charge in [0, 0.05) is 15.3 Å². The first-order valence-electron chi connectivity index (χ1n) is 3.33. The monoisotopic (exact) mass is 298 g/mol. The molecule has 1 unspecified atom stereocenters. The highest BCUT2D eigenvalue weighted by Gasteiger charge is 2.13. The summed E-state index contributed by atoms with van der Waals surface area (Å²) in [5.74, 6) is 0. The summed E-state index contributed by atoms with van der Waals surface area (Å²) in [6.07, 6.45) is 1.61. The predicted octanol–water partition coefficient (Wildman–Crippen LogP) is 1.33. The van der Waals surface area contributed by atoms with E-state index in [1.807, 2.05) is 0 Å². The minimum atomic E-state index is -0.446. The highest BCUT2D eigenvalue weighted by Crippen LogP contribution is 2.24. The van der Waals surface area contributed by atoms with Crippen LogP contribution in [0.5, 0.6) is 0 Å². The topological polar surface area (TPSA) is 59.1 Å². The van der Waals surface area contributed by atoms with E-state index in [1.54, 1.807) is 12.3 Å². The first-order valence-corrected chi connectivity index (χ1v) is 4.78. The van der Waals surface area contributed by atoms with Crippen LogP contribution in [-0.4, -0.2) is 16.7 Å². The molecule has 1 rings (SSSR count). The first kappa shape index (κ1) is 10.2. The summed E-state index contributed by atoms with van der Waals surface area (Å²) in [5.41, 5.74) is 6.33. The molecule has 5 heteroatoms. The maximum atomic E-state index is 8.82. The van der Waals surface area contributed by atoms with Gasteiger partial charge in [-0.05, 0) is 28.7 Å². The van der Waals surface area contributed by atoms with Gasteiger partial charge >= 0.3 is 0 Å². The summed E-state index contributed by atoms with van der Waals surface area (Å²) in [7, 11) is 0. The molecule has 3 nitrogen and oxygen atoms in total.